The summed E-state index contributed by atoms with van der Waals surface area (Å²) in [6.07, 6.45) is 0.964. The van der Waals surface area contributed by atoms with Gasteiger partial charge in [0.25, 0.3) is 0 Å². The number of hydrogen-bond acceptors (Lipinski definition) is 3. The molecule has 98 valence electrons. The number of rotatable bonds is 3. The molecule has 2 aromatic rings. The number of anilines is 2. The molecule has 3 rings (SSSR count). The molecular formula is C16H18N2O. The van der Waals surface area contributed by atoms with Crippen LogP contribution in [0, 0.1) is 0 Å². The van der Waals surface area contributed by atoms with E-state index in [1.54, 1.807) is 7.11 Å². The molecule has 3 nitrogen and oxygen atoms in total. The van der Waals surface area contributed by atoms with E-state index in [9.17, 15) is 0 Å². The van der Waals surface area contributed by atoms with Crippen LogP contribution >= 0.6 is 0 Å². The van der Waals surface area contributed by atoms with Crippen molar-refractivity contribution in [1.29, 1.82) is 0 Å². The summed E-state index contributed by atoms with van der Waals surface area (Å²) < 4.78 is 5.56. The maximum absolute atomic E-state index is 5.56. The molecule has 3 heteroatoms. The second-order valence-corrected chi connectivity index (χ2v) is 4.76. The molecule has 0 aliphatic heterocycles. The molecule has 1 aliphatic rings. The lowest BCUT2D eigenvalue weighted by Crippen LogP contribution is -1.94. The van der Waals surface area contributed by atoms with Crippen molar-refractivity contribution in [3.05, 3.63) is 41.5 Å². The zero-order valence-electron chi connectivity index (χ0n) is 11.5. The molecule has 0 amide bonds. The van der Waals surface area contributed by atoms with E-state index in [-0.39, 0.29) is 0 Å². The molecule has 0 aromatic heterocycles. The summed E-state index contributed by atoms with van der Waals surface area (Å²) in [5.41, 5.74) is 7.45. The summed E-state index contributed by atoms with van der Waals surface area (Å²) in [5, 5.41) is 6.38. The molecule has 2 aromatic carbocycles. The second kappa shape index (κ2) is 4.50. The van der Waals surface area contributed by atoms with Crippen LogP contribution < -0.4 is 15.4 Å². The number of fused-ring (bicyclic) bond motifs is 3. The zero-order valence-corrected chi connectivity index (χ0v) is 11.5. The van der Waals surface area contributed by atoms with Gasteiger partial charge in [-0.3, -0.25) is 0 Å². The minimum Gasteiger partial charge on any atom is -0.496 e. The van der Waals surface area contributed by atoms with Crippen LogP contribution in [-0.2, 0) is 6.42 Å². The lowest BCUT2D eigenvalue weighted by atomic mass is 10.0. The molecule has 0 heterocycles. The highest BCUT2D eigenvalue weighted by Crippen LogP contribution is 2.44. The first kappa shape index (κ1) is 11.9. The van der Waals surface area contributed by atoms with E-state index in [1.165, 1.54) is 22.3 Å². The SMILES string of the molecule is CNc1ccc2c(c1)Cc1cc(NC)cc(OC)c1-2. The largest absolute Gasteiger partial charge is 0.496 e. The van der Waals surface area contributed by atoms with Gasteiger partial charge in [0.15, 0.2) is 0 Å². The summed E-state index contributed by atoms with van der Waals surface area (Å²) in [5.74, 6) is 0.942. The first-order valence-corrected chi connectivity index (χ1v) is 6.46. The Morgan fingerprint density at radius 2 is 1.68 bits per heavy atom. The van der Waals surface area contributed by atoms with Crippen molar-refractivity contribution in [2.45, 2.75) is 6.42 Å². The Labute approximate surface area is 113 Å². The van der Waals surface area contributed by atoms with Gasteiger partial charge in [-0.25, -0.2) is 0 Å². The third-order valence-electron chi connectivity index (χ3n) is 3.74. The lowest BCUT2D eigenvalue weighted by molar-refractivity contribution is 0.416. The van der Waals surface area contributed by atoms with Crippen LogP contribution in [0.2, 0.25) is 0 Å². The predicted molar refractivity (Wildman–Crippen MR) is 80.3 cm³/mol. The first-order valence-electron chi connectivity index (χ1n) is 6.46. The van der Waals surface area contributed by atoms with Gasteiger partial charge in [-0.1, -0.05) is 6.07 Å². The molecule has 0 saturated heterocycles. The molecule has 19 heavy (non-hydrogen) atoms. The zero-order chi connectivity index (χ0) is 13.4. The Hall–Kier alpha value is -2.16. The fraction of sp³-hybridized carbons (Fsp3) is 0.250. The molecule has 0 unspecified atom stereocenters. The average Bonchev–Trinajstić information content (AvgIpc) is 2.83. The van der Waals surface area contributed by atoms with Gasteiger partial charge in [0, 0.05) is 37.1 Å². The number of benzene rings is 2. The minimum absolute atomic E-state index is 0.942. The van der Waals surface area contributed by atoms with Crippen LogP contribution in [0.25, 0.3) is 11.1 Å². The highest BCUT2D eigenvalue weighted by molar-refractivity contribution is 5.85. The Morgan fingerprint density at radius 1 is 0.947 bits per heavy atom. The number of hydrogen-bond donors (Lipinski definition) is 2. The smallest absolute Gasteiger partial charge is 0.129 e. The molecule has 0 saturated carbocycles. The van der Waals surface area contributed by atoms with E-state index in [2.05, 4.69) is 41.0 Å². The van der Waals surface area contributed by atoms with Crippen LogP contribution in [0.15, 0.2) is 30.3 Å². The minimum atomic E-state index is 0.942. The lowest BCUT2D eigenvalue weighted by Gasteiger charge is -2.11. The van der Waals surface area contributed by atoms with Crippen molar-refractivity contribution in [3.8, 4) is 16.9 Å². The molecule has 0 atom stereocenters. The van der Waals surface area contributed by atoms with Crippen LogP contribution in [0.1, 0.15) is 11.1 Å². The first-order chi connectivity index (χ1) is 9.26. The van der Waals surface area contributed by atoms with Crippen molar-refractivity contribution < 1.29 is 4.74 Å². The van der Waals surface area contributed by atoms with Gasteiger partial charge in [0.1, 0.15) is 5.75 Å². The van der Waals surface area contributed by atoms with Gasteiger partial charge in [-0.05, 0) is 41.3 Å². The maximum atomic E-state index is 5.56. The summed E-state index contributed by atoms with van der Waals surface area (Å²) in [6, 6.07) is 10.8. The van der Waals surface area contributed by atoms with Gasteiger partial charge in [0.2, 0.25) is 0 Å². The molecule has 0 bridgehead atoms. The molecule has 1 aliphatic carbocycles. The van der Waals surface area contributed by atoms with Crippen molar-refractivity contribution >= 4 is 11.4 Å². The number of ether oxygens (including phenoxy) is 1. The third-order valence-corrected chi connectivity index (χ3v) is 3.74. The van der Waals surface area contributed by atoms with Crippen molar-refractivity contribution in [1.82, 2.24) is 0 Å². The van der Waals surface area contributed by atoms with Gasteiger partial charge >= 0.3 is 0 Å². The van der Waals surface area contributed by atoms with Crippen LogP contribution in [0.4, 0.5) is 11.4 Å². The molecule has 0 spiro atoms. The van der Waals surface area contributed by atoms with Crippen LogP contribution in [-0.4, -0.2) is 21.2 Å². The molecule has 0 fully saturated rings. The monoisotopic (exact) mass is 254 g/mol. The number of nitrogens with one attached hydrogen (secondary N) is 2. The van der Waals surface area contributed by atoms with Crippen LogP contribution in [0.5, 0.6) is 5.75 Å². The summed E-state index contributed by atoms with van der Waals surface area (Å²) in [7, 11) is 5.61. The van der Waals surface area contributed by atoms with Gasteiger partial charge in [-0.2, -0.15) is 0 Å². The molecular weight excluding hydrogens is 236 g/mol. The predicted octanol–water partition coefficient (Wildman–Crippen LogP) is 3.35. The molecule has 0 radical (unpaired) electrons. The van der Waals surface area contributed by atoms with E-state index in [1.807, 2.05) is 14.1 Å². The number of methoxy groups -OCH3 is 1. The second-order valence-electron chi connectivity index (χ2n) is 4.76. The van der Waals surface area contributed by atoms with Crippen LogP contribution in [0.3, 0.4) is 0 Å². The highest BCUT2D eigenvalue weighted by Gasteiger charge is 2.23. The fourth-order valence-corrected chi connectivity index (χ4v) is 2.77. The topological polar surface area (TPSA) is 33.3 Å². The van der Waals surface area contributed by atoms with E-state index >= 15 is 0 Å². The van der Waals surface area contributed by atoms with E-state index in [0.717, 1.165) is 23.5 Å². The standard InChI is InChI=1S/C16H18N2O/c1-17-12-4-5-14-10(7-12)6-11-8-13(18-2)9-15(19-3)16(11)14/h4-5,7-9,17-18H,6H2,1-3H3. The van der Waals surface area contributed by atoms with Crippen molar-refractivity contribution in [2.24, 2.45) is 0 Å². The summed E-state index contributed by atoms with van der Waals surface area (Å²) >= 11 is 0. The normalized spacial score (nSPS) is 11.7. The van der Waals surface area contributed by atoms with Crippen molar-refractivity contribution in [3.63, 3.8) is 0 Å². The maximum Gasteiger partial charge on any atom is 0.129 e. The highest BCUT2D eigenvalue weighted by atomic mass is 16.5. The van der Waals surface area contributed by atoms with E-state index < -0.39 is 0 Å². The Balaban J connectivity index is 2.18. The van der Waals surface area contributed by atoms with E-state index in [0.29, 0.717) is 0 Å². The van der Waals surface area contributed by atoms with Gasteiger partial charge in [-0.15, -0.1) is 0 Å². The Bertz CT molecular complexity index is 635. The average molecular weight is 254 g/mol. The fourth-order valence-electron chi connectivity index (χ4n) is 2.77. The van der Waals surface area contributed by atoms with Crippen molar-refractivity contribution in [2.75, 3.05) is 31.8 Å². The third kappa shape index (κ3) is 1.82. The Morgan fingerprint density at radius 3 is 2.37 bits per heavy atom. The Kier molecular flexibility index (Phi) is 2.82. The summed E-state index contributed by atoms with van der Waals surface area (Å²) in [4.78, 5) is 0. The van der Waals surface area contributed by atoms with E-state index in [4.69, 9.17) is 4.74 Å². The van der Waals surface area contributed by atoms with Gasteiger partial charge < -0.3 is 15.4 Å². The quantitative estimate of drug-likeness (QED) is 0.752. The van der Waals surface area contributed by atoms with Gasteiger partial charge in [0.05, 0.1) is 7.11 Å². The summed E-state index contributed by atoms with van der Waals surface area (Å²) in [6.45, 7) is 0. The molecule has 2 N–H and O–H groups in total.